The number of hydrogen-bond donors (Lipinski definition) is 0. The van der Waals surface area contributed by atoms with E-state index in [9.17, 15) is 43.9 Å². The third-order valence-electron chi connectivity index (χ3n) is 10.7. The molecule has 2 heterocycles. The van der Waals surface area contributed by atoms with Gasteiger partial charge in [0.2, 0.25) is 0 Å². The SMILES string of the molecule is FC(F)(F)C(F)(F)COB(OCC(F)(F)C(F)(F)F)n1c(-c2ccccc2)cc(C2C=CC=C3C=CC=CC32)c1/C=C1\N=C(c2ccccc2)C=C1c1cccc2ccccc12. The lowest BCUT2D eigenvalue weighted by atomic mass is 9.76. The van der Waals surface area contributed by atoms with E-state index in [0.717, 1.165) is 20.8 Å². The van der Waals surface area contributed by atoms with Crippen LogP contribution in [0.3, 0.4) is 0 Å². The number of halogens is 10. The summed E-state index contributed by atoms with van der Waals surface area (Å²) in [5, 5.41) is 1.69. The van der Waals surface area contributed by atoms with Crippen molar-refractivity contribution in [2.24, 2.45) is 10.9 Å². The number of aliphatic imine (C=N–C) groups is 1. The molecule has 0 saturated heterocycles. The van der Waals surface area contributed by atoms with Crippen molar-refractivity contribution in [3.05, 3.63) is 191 Å². The molecule has 4 nitrogen and oxygen atoms in total. The van der Waals surface area contributed by atoms with Gasteiger partial charge in [0.15, 0.2) is 0 Å². The zero-order valence-corrected chi connectivity index (χ0v) is 32.2. The second kappa shape index (κ2) is 16.6. The first-order valence-electron chi connectivity index (χ1n) is 19.2. The molecule has 4 aromatic carbocycles. The van der Waals surface area contributed by atoms with Crippen LogP contribution in [0.1, 0.15) is 28.3 Å². The highest BCUT2D eigenvalue weighted by atomic mass is 19.4. The van der Waals surface area contributed by atoms with Gasteiger partial charge in [-0.2, -0.15) is 43.9 Å². The van der Waals surface area contributed by atoms with Gasteiger partial charge < -0.3 is 13.8 Å². The number of benzene rings is 4. The van der Waals surface area contributed by atoms with E-state index in [1.165, 1.54) is 6.08 Å². The van der Waals surface area contributed by atoms with Gasteiger partial charge >= 0.3 is 31.5 Å². The number of allylic oxidation sites excluding steroid dienone is 10. The van der Waals surface area contributed by atoms with E-state index in [-0.39, 0.29) is 28.6 Å². The van der Waals surface area contributed by atoms with Gasteiger partial charge in [-0.05, 0) is 51.3 Å². The predicted octanol–water partition coefficient (Wildman–Crippen LogP) is 12.8. The molecule has 0 N–H and O–H groups in total. The van der Waals surface area contributed by atoms with Crippen molar-refractivity contribution in [2.75, 3.05) is 13.2 Å². The van der Waals surface area contributed by atoms with Gasteiger partial charge in [-0.1, -0.05) is 146 Å². The summed E-state index contributed by atoms with van der Waals surface area (Å²) in [5.41, 5.74) is 4.16. The second-order valence-corrected chi connectivity index (χ2v) is 14.8. The van der Waals surface area contributed by atoms with Crippen molar-refractivity contribution in [3.63, 3.8) is 0 Å². The molecule has 0 amide bonds. The van der Waals surface area contributed by atoms with E-state index in [0.29, 0.717) is 28.0 Å². The van der Waals surface area contributed by atoms with Gasteiger partial charge in [-0.3, -0.25) is 0 Å². The Morgan fingerprint density at radius 3 is 1.90 bits per heavy atom. The smallest absolute Gasteiger partial charge is 0.385 e. The lowest BCUT2D eigenvalue weighted by Crippen LogP contribution is -2.48. The molecule has 0 saturated carbocycles. The maximum atomic E-state index is 14.7. The number of alkyl halides is 10. The lowest BCUT2D eigenvalue weighted by molar-refractivity contribution is -0.295. The molecule has 2 unspecified atom stereocenters. The van der Waals surface area contributed by atoms with Crippen molar-refractivity contribution in [1.82, 2.24) is 4.48 Å². The fraction of sp³-hybridized carbons (Fsp3) is 0.170. The molecule has 0 bridgehead atoms. The number of fused-ring (bicyclic) bond motifs is 2. The summed E-state index contributed by atoms with van der Waals surface area (Å²) in [6.45, 7) is -4.97. The third-order valence-corrected chi connectivity index (χ3v) is 10.7. The predicted molar refractivity (Wildman–Crippen MR) is 220 cm³/mol. The average molecular weight is 859 g/mol. The molecule has 1 aromatic heterocycles. The van der Waals surface area contributed by atoms with Crippen LogP contribution in [0.4, 0.5) is 43.9 Å². The Labute approximate surface area is 349 Å². The molecular weight excluding hydrogens is 825 g/mol. The van der Waals surface area contributed by atoms with Crippen LogP contribution in [-0.2, 0) is 9.31 Å². The first kappa shape index (κ1) is 42.5. The number of hydrogen-bond acceptors (Lipinski definition) is 3. The highest BCUT2D eigenvalue weighted by molar-refractivity contribution is 6.44. The van der Waals surface area contributed by atoms with E-state index in [2.05, 4.69) is 0 Å². The quantitative estimate of drug-likeness (QED) is 0.0926. The van der Waals surface area contributed by atoms with Gasteiger partial charge in [-0.25, -0.2) is 4.99 Å². The van der Waals surface area contributed by atoms with Crippen LogP contribution in [0.25, 0.3) is 33.7 Å². The summed E-state index contributed by atoms with van der Waals surface area (Å²) in [6, 6.07) is 31.7. The zero-order chi connectivity index (χ0) is 43.9. The number of nitrogens with zero attached hydrogens (tertiary/aromatic N) is 2. The van der Waals surface area contributed by atoms with Gasteiger partial charge in [0, 0.05) is 34.4 Å². The minimum atomic E-state index is -6.18. The van der Waals surface area contributed by atoms with E-state index in [4.69, 9.17) is 14.3 Å². The first-order valence-corrected chi connectivity index (χ1v) is 19.2. The van der Waals surface area contributed by atoms with Crippen LogP contribution in [0.5, 0.6) is 0 Å². The van der Waals surface area contributed by atoms with E-state index >= 15 is 0 Å². The summed E-state index contributed by atoms with van der Waals surface area (Å²) >= 11 is 0. The topological polar surface area (TPSA) is 35.8 Å². The fourth-order valence-corrected chi connectivity index (χ4v) is 7.63. The van der Waals surface area contributed by atoms with Crippen LogP contribution < -0.4 is 0 Å². The van der Waals surface area contributed by atoms with Crippen LogP contribution in [0, 0.1) is 5.92 Å². The Morgan fingerprint density at radius 2 is 1.24 bits per heavy atom. The van der Waals surface area contributed by atoms with E-state index < -0.39 is 50.6 Å². The summed E-state index contributed by atoms with van der Waals surface area (Å²) in [7, 11) is -2.71. The van der Waals surface area contributed by atoms with E-state index in [1.807, 2.05) is 103 Å². The van der Waals surface area contributed by atoms with Crippen LogP contribution in [0.15, 0.2) is 174 Å². The minimum absolute atomic E-state index is 0.0103. The Hall–Kier alpha value is -6.19. The minimum Gasteiger partial charge on any atom is -0.385 e. The molecule has 2 atom stereocenters. The summed E-state index contributed by atoms with van der Waals surface area (Å²) in [5.74, 6) is -12.1. The highest BCUT2D eigenvalue weighted by Gasteiger charge is 2.60. The molecule has 3 aliphatic rings. The standard InChI is InChI=1S/C47H33BF10N2O2/c49-44(50,46(53,54)55)28-61-48(62-29-45(51,52)47(56,57)58)60-42(33-17-5-2-6-18-33)26-39(37-24-12-20-31-14-8-10-22-35(31)37)43(60)27-41-38(25-40(59-41)32-15-3-1-4-16-32)36-23-11-19-30-13-7-9-21-34(30)36/h1-27,35,37H,28-29H2/b41-27-. The van der Waals surface area contributed by atoms with Gasteiger partial charge in [0.1, 0.15) is 13.2 Å². The van der Waals surface area contributed by atoms with Gasteiger partial charge in [-0.15, -0.1) is 0 Å². The summed E-state index contributed by atoms with van der Waals surface area (Å²) in [4.78, 5) is 5.00. The number of aromatic nitrogens is 1. The maximum Gasteiger partial charge on any atom is 0.598 e. The maximum absolute atomic E-state index is 14.7. The van der Waals surface area contributed by atoms with Gasteiger partial charge in [0.25, 0.3) is 0 Å². The molecule has 15 heteroatoms. The molecule has 5 aromatic rings. The van der Waals surface area contributed by atoms with Crippen molar-refractivity contribution in [1.29, 1.82) is 0 Å². The Bertz CT molecular complexity index is 2660. The molecule has 1 aliphatic heterocycles. The van der Waals surface area contributed by atoms with Crippen LogP contribution >= 0.6 is 0 Å². The molecule has 8 rings (SSSR count). The molecule has 62 heavy (non-hydrogen) atoms. The van der Waals surface area contributed by atoms with Gasteiger partial charge in [0.05, 0.1) is 11.4 Å². The van der Waals surface area contributed by atoms with Crippen molar-refractivity contribution in [2.45, 2.75) is 30.1 Å². The fourth-order valence-electron chi connectivity index (χ4n) is 7.63. The van der Waals surface area contributed by atoms with Crippen molar-refractivity contribution < 1.29 is 53.2 Å². The first-order chi connectivity index (χ1) is 29.5. The lowest BCUT2D eigenvalue weighted by Gasteiger charge is -2.29. The zero-order valence-electron chi connectivity index (χ0n) is 32.2. The molecule has 0 fully saturated rings. The third kappa shape index (κ3) is 8.38. The molecule has 2 aliphatic carbocycles. The van der Waals surface area contributed by atoms with Crippen LogP contribution in [0.2, 0.25) is 0 Å². The second-order valence-electron chi connectivity index (χ2n) is 14.8. The van der Waals surface area contributed by atoms with Crippen molar-refractivity contribution in [3.8, 4) is 11.3 Å². The largest absolute Gasteiger partial charge is 0.598 e. The number of rotatable bonds is 12. The van der Waals surface area contributed by atoms with E-state index in [1.54, 1.807) is 54.6 Å². The summed E-state index contributed by atoms with van der Waals surface area (Å²) < 4.78 is 151. The Balaban J connectivity index is 1.42. The normalized spacial score (nSPS) is 18.5. The Morgan fingerprint density at radius 1 is 0.645 bits per heavy atom. The molecule has 0 radical (unpaired) electrons. The molecule has 0 spiro atoms. The molecule has 316 valence electrons. The highest BCUT2D eigenvalue weighted by Crippen LogP contribution is 2.45. The monoisotopic (exact) mass is 858 g/mol. The van der Waals surface area contributed by atoms with Crippen LogP contribution in [-0.4, -0.2) is 54.9 Å². The average Bonchev–Trinajstić information content (AvgIpc) is 3.85. The summed E-state index contributed by atoms with van der Waals surface area (Å²) in [6.07, 6.45) is 3.85. The Kier molecular flexibility index (Phi) is 11.4. The molecular formula is C47H33BF10N2O2. The van der Waals surface area contributed by atoms with Crippen molar-refractivity contribution >= 4 is 35.4 Å².